The Labute approximate surface area is 439 Å². The number of fused-ring (bicyclic) bond motifs is 2. The number of likely N-dealkylation sites (tertiary alicyclic amines) is 1. The van der Waals surface area contributed by atoms with Crippen LogP contribution in [0.1, 0.15) is 105 Å². The summed E-state index contributed by atoms with van der Waals surface area (Å²) in [5, 5.41) is 20.5. The van der Waals surface area contributed by atoms with Crippen LogP contribution in [-0.4, -0.2) is 129 Å². The molecule has 5 amide bonds. The molecule has 0 aliphatic carbocycles. The molecule has 76 heavy (non-hydrogen) atoms. The Kier molecular flexibility index (Phi) is 19.5. The molecule has 5 heterocycles. The van der Waals surface area contributed by atoms with Gasteiger partial charge in [0, 0.05) is 67.6 Å². The van der Waals surface area contributed by atoms with Gasteiger partial charge in [0.15, 0.2) is 11.5 Å². The molecule has 3 aromatic carbocycles. The minimum Gasteiger partial charge on any atom is -0.468 e. The van der Waals surface area contributed by atoms with Crippen LogP contribution in [0.5, 0.6) is 0 Å². The van der Waals surface area contributed by atoms with Crippen molar-refractivity contribution in [1.29, 1.82) is 0 Å². The third kappa shape index (κ3) is 14.5. The average molecular weight is 1040 g/mol. The molecule has 402 valence electrons. The summed E-state index contributed by atoms with van der Waals surface area (Å²) in [7, 11) is 1.20. The summed E-state index contributed by atoms with van der Waals surface area (Å²) in [5.74, 6) is -0.848. The van der Waals surface area contributed by atoms with Crippen LogP contribution < -0.4 is 31.9 Å². The number of anilines is 3. The Hall–Kier alpha value is -8.30. The van der Waals surface area contributed by atoms with Crippen molar-refractivity contribution in [3.8, 4) is 11.1 Å². The maximum absolute atomic E-state index is 15.0. The predicted molar refractivity (Wildman–Crippen MR) is 285 cm³/mol. The molecule has 0 atom stereocenters. The third-order valence-corrected chi connectivity index (χ3v) is 13.5. The Balaban J connectivity index is 0.000000224. The molecule has 2 aliphatic rings. The van der Waals surface area contributed by atoms with Crippen molar-refractivity contribution in [2.24, 2.45) is 5.73 Å². The number of primary amides is 1. The summed E-state index contributed by atoms with van der Waals surface area (Å²) < 4.78 is 22.0. The number of esters is 1. The zero-order valence-electron chi connectivity index (χ0n) is 43.2. The molecule has 0 unspecified atom stereocenters. The lowest BCUT2D eigenvalue weighted by Gasteiger charge is -2.32. The molecule has 2 saturated heterocycles. The van der Waals surface area contributed by atoms with Crippen LogP contribution >= 0.6 is 0 Å². The zero-order chi connectivity index (χ0) is 54.1. The predicted octanol–water partition coefficient (Wildman–Crippen LogP) is 5.44. The van der Waals surface area contributed by atoms with E-state index in [1.807, 2.05) is 24.0 Å². The van der Waals surface area contributed by atoms with Crippen molar-refractivity contribution in [1.82, 2.24) is 50.4 Å². The highest BCUT2D eigenvalue weighted by atomic mass is 19.1. The number of nitrogens with one attached hydrogen (secondary N) is 4. The number of unbranched alkanes of at least 4 members (excludes halogenated alkanes) is 2. The van der Waals surface area contributed by atoms with E-state index in [0.717, 1.165) is 93.7 Å². The fourth-order valence-corrected chi connectivity index (χ4v) is 9.44. The Morgan fingerprint density at radius 2 is 1.58 bits per heavy atom. The summed E-state index contributed by atoms with van der Waals surface area (Å²) in [6.07, 6.45) is 13.7. The molecule has 0 bridgehead atoms. The second-order valence-electron chi connectivity index (χ2n) is 18.8. The van der Waals surface area contributed by atoms with Crippen molar-refractivity contribution in [3.63, 3.8) is 0 Å². The van der Waals surface area contributed by atoms with Crippen molar-refractivity contribution >= 4 is 81.0 Å². The van der Waals surface area contributed by atoms with Gasteiger partial charge in [0.25, 0.3) is 5.91 Å². The fraction of sp³-hybridized carbons (Fsp3) is 0.426. The first-order valence-corrected chi connectivity index (χ1v) is 25.8. The van der Waals surface area contributed by atoms with Gasteiger partial charge in [-0.2, -0.15) is 10.2 Å². The number of aryl methyl sites for hydroxylation is 1. The van der Waals surface area contributed by atoms with Gasteiger partial charge in [-0.05, 0) is 106 Å². The summed E-state index contributed by atoms with van der Waals surface area (Å²) in [6.45, 7) is 7.04. The Morgan fingerprint density at radius 3 is 2.29 bits per heavy atom. The number of ether oxygens (including phenoxy) is 1. The Bertz CT molecular complexity index is 3040. The van der Waals surface area contributed by atoms with E-state index in [2.05, 4.69) is 58.2 Å². The number of nitrogens with zero attached hydrogens (tertiary/aromatic N) is 8. The highest BCUT2D eigenvalue weighted by molar-refractivity contribution is 6.00. The summed E-state index contributed by atoms with van der Waals surface area (Å²) >= 11 is 0. The third-order valence-electron chi connectivity index (χ3n) is 13.5. The van der Waals surface area contributed by atoms with Crippen LogP contribution in [0, 0.1) is 12.7 Å². The molecule has 8 rings (SSSR count). The minimum atomic E-state index is -0.612. The van der Waals surface area contributed by atoms with Crippen LogP contribution in [0.4, 0.5) is 21.7 Å². The maximum atomic E-state index is 15.0. The standard InChI is InChI=1S/C31H45N7O3.C23H21FN6O5/c1-2-9-27(39)33-17-6-3-5-10-28(40)38-20-15-24(16-21-38)23-11-13-25(14-12-23)35-31-29(30(32)41)34-22-26(36-31)37-18-7-4-8-19-37;1-13-23-15(16-7-19-14(6-17(16)24)8-27-30(19)12-31)4-3-5-18(23)29(28-13)11-21(33)25-9-20(32)26-10-22(34)35-2/h11-14,22,24H,2-10,15-21H2,1H3,(H2,32,41)(H,33,39)(H,35,36);3-8,12H,9-11H2,1-2H3,(H,25,33)(H,26,32). The first-order chi connectivity index (χ1) is 36.8. The molecule has 3 aromatic heterocycles. The van der Waals surface area contributed by atoms with E-state index in [4.69, 9.17) is 10.7 Å². The van der Waals surface area contributed by atoms with Gasteiger partial charge in [-0.15, -0.1) is 0 Å². The largest absolute Gasteiger partial charge is 0.468 e. The highest BCUT2D eigenvalue weighted by Gasteiger charge is 2.25. The normalized spacial score (nSPS) is 13.6. The van der Waals surface area contributed by atoms with Gasteiger partial charge < -0.3 is 41.5 Å². The van der Waals surface area contributed by atoms with Gasteiger partial charge >= 0.3 is 5.97 Å². The fourth-order valence-electron chi connectivity index (χ4n) is 9.44. The second kappa shape index (κ2) is 26.8. The van der Waals surface area contributed by atoms with Gasteiger partial charge in [-0.25, -0.2) is 19.0 Å². The lowest BCUT2D eigenvalue weighted by Crippen LogP contribution is -2.40. The average Bonchev–Trinajstić information content (AvgIpc) is 4.00. The number of carbonyl (C=O) groups excluding carboxylic acids is 7. The number of hydrogen-bond acceptors (Lipinski definition) is 14. The van der Waals surface area contributed by atoms with E-state index in [1.54, 1.807) is 37.4 Å². The van der Waals surface area contributed by atoms with Crippen molar-refractivity contribution in [2.45, 2.75) is 96.9 Å². The summed E-state index contributed by atoms with van der Waals surface area (Å²) in [4.78, 5) is 95.9. The highest BCUT2D eigenvalue weighted by Crippen LogP contribution is 2.35. The van der Waals surface area contributed by atoms with E-state index >= 15 is 4.39 Å². The molecule has 2 fully saturated rings. The number of hydrogen-bond donors (Lipinski definition) is 5. The number of methoxy groups -OCH3 is 1. The van der Waals surface area contributed by atoms with Crippen LogP contribution in [0.3, 0.4) is 0 Å². The van der Waals surface area contributed by atoms with E-state index in [0.29, 0.717) is 70.6 Å². The SMILES string of the molecule is CCCC(=O)NCCCCCC(=O)N1CCC(c2ccc(Nc3nc(N4CCCCC4)cnc3C(N)=O)cc2)CC1.COC(=O)CNC(=O)CNC(=O)Cn1nc(C)c2c(-c3cc4c(cnn4C=O)cc3F)cccc21. The van der Waals surface area contributed by atoms with E-state index in [9.17, 15) is 33.6 Å². The second-order valence-corrected chi connectivity index (χ2v) is 18.8. The van der Waals surface area contributed by atoms with Crippen LogP contribution in [0.15, 0.2) is 67.0 Å². The smallest absolute Gasteiger partial charge is 0.325 e. The number of nitrogens with two attached hydrogens (primary N) is 1. The number of amides is 5. The van der Waals surface area contributed by atoms with Gasteiger partial charge in [0.05, 0.1) is 42.8 Å². The Morgan fingerprint density at radius 1 is 0.829 bits per heavy atom. The van der Waals surface area contributed by atoms with Crippen LogP contribution in [0.2, 0.25) is 0 Å². The van der Waals surface area contributed by atoms with E-state index < -0.39 is 29.5 Å². The molecule has 21 nitrogen and oxygen atoms in total. The van der Waals surface area contributed by atoms with Gasteiger partial charge in [0.2, 0.25) is 30.0 Å². The molecular weight excluding hydrogens is 978 g/mol. The van der Waals surface area contributed by atoms with E-state index in [-0.39, 0.29) is 42.7 Å². The lowest BCUT2D eigenvalue weighted by molar-refractivity contribution is -0.141. The molecule has 6 N–H and O–H groups in total. The molecule has 22 heteroatoms. The van der Waals surface area contributed by atoms with Crippen molar-refractivity contribution in [3.05, 3.63) is 89.8 Å². The van der Waals surface area contributed by atoms with Crippen molar-refractivity contribution in [2.75, 3.05) is 63.1 Å². The molecule has 0 saturated carbocycles. The van der Waals surface area contributed by atoms with Crippen LogP contribution in [0.25, 0.3) is 32.9 Å². The monoisotopic (exact) mass is 1040 g/mol. The van der Waals surface area contributed by atoms with Crippen LogP contribution in [-0.2, 0) is 40.0 Å². The number of piperidine rings is 2. The topological polar surface area (TPSA) is 271 Å². The van der Waals surface area contributed by atoms with Gasteiger partial charge in [-0.3, -0.25) is 38.2 Å². The quantitative estimate of drug-likeness (QED) is 0.0342. The molecular formula is C54H66FN13O8. The number of rotatable bonds is 21. The molecule has 6 aromatic rings. The molecule has 0 spiro atoms. The lowest BCUT2D eigenvalue weighted by atomic mass is 9.89. The summed E-state index contributed by atoms with van der Waals surface area (Å²) in [6, 6.07) is 16.3. The number of carbonyl (C=O) groups is 7. The maximum Gasteiger partial charge on any atom is 0.325 e. The number of benzene rings is 3. The first kappa shape index (κ1) is 55.5. The number of aromatic nitrogens is 6. The minimum absolute atomic E-state index is 0.113. The summed E-state index contributed by atoms with van der Waals surface area (Å²) in [5.41, 5.74) is 10.2. The van der Waals surface area contributed by atoms with Gasteiger partial charge in [-0.1, -0.05) is 37.6 Å². The van der Waals surface area contributed by atoms with Gasteiger partial charge in [0.1, 0.15) is 24.7 Å². The van der Waals surface area contributed by atoms with Crippen molar-refractivity contribution < 1.29 is 42.7 Å². The first-order valence-electron chi connectivity index (χ1n) is 25.8. The zero-order valence-corrected chi connectivity index (χ0v) is 43.2. The van der Waals surface area contributed by atoms with E-state index in [1.165, 1.54) is 36.0 Å². The molecule has 0 radical (unpaired) electrons. The number of halogens is 1. The molecule has 2 aliphatic heterocycles.